The van der Waals surface area contributed by atoms with Gasteiger partial charge in [-0.2, -0.15) is 0 Å². The Labute approximate surface area is 139 Å². The minimum absolute atomic E-state index is 0.0463. The summed E-state index contributed by atoms with van der Waals surface area (Å²) in [4.78, 5) is 16.7. The van der Waals surface area contributed by atoms with Gasteiger partial charge in [0.15, 0.2) is 0 Å². The molecule has 0 spiro atoms. The van der Waals surface area contributed by atoms with Crippen molar-refractivity contribution in [3.63, 3.8) is 0 Å². The van der Waals surface area contributed by atoms with Crippen LogP contribution in [0.5, 0.6) is 0 Å². The maximum atomic E-state index is 12.6. The Bertz CT molecular complexity index is 515. The second-order valence-electron chi connectivity index (χ2n) is 5.76. The smallest absolute Gasteiger partial charge is 0.254 e. The molecule has 0 saturated heterocycles. The molecule has 0 atom stereocenters. The Morgan fingerprint density at radius 1 is 1.35 bits per heavy atom. The first-order valence-electron chi connectivity index (χ1n) is 6.74. The average molecular weight is 407 g/mol. The highest BCUT2D eigenvalue weighted by Crippen LogP contribution is 2.37. The first-order valence-corrected chi connectivity index (χ1v) is 8.19. The molecule has 0 aromatic heterocycles. The summed E-state index contributed by atoms with van der Waals surface area (Å²) in [5, 5.41) is 0.605. The minimum Gasteiger partial charge on any atom is -0.340 e. The summed E-state index contributed by atoms with van der Waals surface area (Å²) in [6.07, 6.45) is 3.56. The molecule has 0 unspecified atom stereocenters. The largest absolute Gasteiger partial charge is 0.340 e. The summed E-state index contributed by atoms with van der Waals surface area (Å²) in [6.45, 7) is 0.765. The molecule has 1 fully saturated rings. The lowest BCUT2D eigenvalue weighted by atomic mass is 9.75. The Hall–Kier alpha value is -0.330. The summed E-state index contributed by atoms with van der Waals surface area (Å²) in [5.74, 6) is 0.0463. The number of carbonyl (C=O) groups excluding carboxylic acids is 1. The van der Waals surface area contributed by atoms with Gasteiger partial charge in [0.05, 0.1) is 5.56 Å². The number of nitrogens with zero attached hydrogens (tertiary/aromatic N) is 2. The van der Waals surface area contributed by atoms with Crippen LogP contribution in [0.1, 0.15) is 29.6 Å². The lowest BCUT2D eigenvalue weighted by molar-refractivity contribution is 0.0252. The molecule has 1 aromatic carbocycles. The van der Waals surface area contributed by atoms with E-state index < -0.39 is 0 Å². The number of likely N-dealkylation sites (N-methyl/N-ethyl adjacent to an activating group) is 2. The molecule has 2 rings (SSSR count). The fourth-order valence-electron chi connectivity index (χ4n) is 2.71. The molecule has 1 amide bonds. The van der Waals surface area contributed by atoms with Gasteiger partial charge in [0.25, 0.3) is 5.91 Å². The first-order chi connectivity index (χ1) is 9.35. The molecule has 5 heteroatoms. The molecular formula is C15H20ClIN2O. The van der Waals surface area contributed by atoms with Crippen LogP contribution in [-0.2, 0) is 0 Å². The van der Waals surface area contributed by atoms with Gasteiger partial charge in [-0.25, -0.2) is 0 Å². The number of amides is 1. The quantitative estimate of drug-likeness (QED) is 0.715. The minimum atomic E-state index is 0.0463. The van der Waals surface area contributed by atoms with Gasteiger partial charge in [-0.05, 0) is 74.1 Å². The second kappa shape index (κ2) is 6.20. The monoisotopic (exact) mass is 406 g/mol. The molecular weight excluding hydrogens is 387 g/mol. The summed E-state index contributed by atoms with van der Waals surface area (Å²) < 4.78 is 0.941. The maximum absolute atomic E-state index is 12.6. The number of carbonyl (C=O) groups is 1. The molecule has 0 bridgehead atoms. The van der Waals surface area contributed by atoms with Crippen LogP contribution in [0.2, 0.25) is 5.02 Å². The Balaban J connectivity index is 2.14. The number of rotatable bonds is 4. The van der Waals surface area contributed by atoms with Crippen LogP contribution in [-0.4, -0.2) is 48.9 Å². The van der Waals surface area contributed by atoms with E-state index in [0.717, 1.165) is 23.0 Å². The average Bonchev–Trinajstić information content (AvgIpc) is 2.35. The van der Waals surface area contributed by atoms with Crippen molar-refractivity contribution in [2.45, 2.75) is 24.8 Å². The van der Waals surface area contributed by atoms with Crippen LogP contribution in [0.3, 0.4) is 0 Å². The third-order valence-electron chi connectivity index (χ3n) is 4.27. The van der Waals surface area contributed by atoms with Crippen molar-refractivity contribution in [3.05, 3.63) is 32.4 Å². The van der Waals surface area contributed by atoms with E-state index in [-0.39, 0.29) is 11.4 Å². The standard InChI is InChI=1S/C15H20ClIN2O/c1-18(2)15(7-4-8-15)10-19(3)14(20)12-9-11(16)5-6-13(12)17/h5-6,9H,4,7-8,10H2,1-3H3. The molecule has 110 valence electrons. The molecule has 1 aliphatic rings. The van der Waals surface area contributed by atoms with Crippen molar-refractivity contribution in [1.82, 2.24) is 9.80 Å². The van der Waals surface area contributed by atoms with E-state index in [1.807, 2.05) is 24.1 Å². The van der Waals surface area contributed by atoms with Crippen molar-refractivity contribution >= 4 is 40.1 Å². The molecule has 1 aromatic rings. The lowest BCUT2D eigenvalue weighted by Crippen LogP contribution is -2.57. The maximum Gasteiger partial charge on any atom is 0.254 e. The van der Waals surface area contributed by atoms with Gasteiger partial charge in [-0.3, -0.25) is 4.79 Å². The molecule has 20 heavy (non-hydrogen) atoms. The van der Waals surface area contributed by atoms with Crippen LogP contribution in [0.25, 0.3) is 0 Å². The third kappa shape index (κ3) is 3.12. The molecule has 3 nitrogen and oxygen atoms in total. The van der Waals surface area contributed by atoms with Crippen LogP contribution in [0.4, 0.5) is 0 Å². The van der Waals surface area contributed by atoms with E-state index in [9.17, 15) is 4.79 Å². The van der Waals surface area contributed by atoms with Crippen LogP contribution >= 0.6 is 34.2 Å². The summed E-state index contributed by atoms with van der Waals surface area (Å²) in [7, 11) is 6.07. The SMILES string of the molecule is CN(CC1(N(C)C)CCC1)C(=O)c1cc(Cl)ccc1I. The number of halogens is 2. The van der Waals surface area contributed by atoms with Gasteiger partial charge in [-0.15, -0.1) is 0 Å². The Kier molecular flexibility index (Phi) is 4.97. The van der Waals surface area contributed by atoms with Crippen molar-refractivity contribution < 1.29 is 4.79 Å². The van der Waals surface area contributed by atoms with Gasteiger partial charge in [-0.1, -0.05) is 11.6 Å². The second-order valence-corrected chi connectivity index (χ2v) is 7.36. The zero-order chi connectivity index (χ0) is 14.9. The molecule has 0 aliphatic heterocycles. The normalized spacial score (nSPS) is 16.9. The Morgan fingerprint density at radius 2 is 2.00 bits per heavy atom. The summed E-state index contributed by atoms with van der Waals surface area (Å²) in [5.41, 5.74) is 0.836. The highest BCUT2D eigenvalue weighted by atomic mass is 127. The number of benzene rings is 1. The van der Waals surface area contributed by atoms with Crippen LogP contribution in [0, 0.1) is 3.57 Å². The third-order valence-corrected chi connectivity index (χ3v) is 5.45. The van der Waals surface area contributed by atoms with E-state index in [2.05, 4.69) is 41.6 Å². The highest BCUT2D eigenvalue weighted by Gasteiger charge is 2.40. The molecule has 1 saturated carbocycles. The van der Waals surface area contributed by atoms with E-state index in [1.165, 1.54) is 6.42 Å². The van der Waals surface area contributed by atoms with Gasteiger partial charge in [0, 0.05) is 27.7 Å². The molecule has 1 aliphatic carbocycles. The zero-order valence-corrected chi connectivity index (χ0v) is 15.0. The van der Waals surface area contributed by atoms with Crippen molar-refractivity contribution in [1.29, 1.82) is 0 Å². The highest BCUT2D eigenvalue weighted by molar-refractivity contribution is 14.1. The van der Waals surface area contributed by atoms with Gasteiger partial charge in [0.2, 0.25) is 0 Å². The van der Waals surface area contributed by atoms with Gasteiger partial charge in [0.1, 0.15) is 0 Å². The zero-order valence-electron chi connectivity index (χ0n) is 12.1. The van der Waals surface area contributed by atoms with E-state index >= 15 is 0 Å². The van der Waals surface area contributed by atoms with Crippen molar-refractivity contribution in [2.24, 2.45) is 0 Å². The number of hydrogen-bond donors (Lipinski definition) is 0. The first kappa shape index (κ1) is 16.0. The van der Waals surface area contributed by atoms with E-state index in [0.29, 0.717) is 10.6 Å². The molecule has 0 radical (unpaired) electrons. The predicted molar refractivity (Wildman–Crippen MR) is 91.4 cm³/mol. The molecule has 0 N–H and O–H groups in total. The molecule has 0 heterocycles. The van der Waals surface area contributed by atoms with E-state index in [1.54, 1.807) is 6.07 Å². The predicted octanol–water partition coefficient (Wildman–Crippen LogP) is 3.50. The van der Waals surface area contributed by atoms with Gasteiger partial charge >= 0.3 is 0 Å². The van der Waals surface area contributed by atoms with Crippen molar-refractivity contribution in [2.75, 3.05) is 27.7 Å². The number of hydrogen-bond acceptors (Lipinski definition) is 2. The summed E-state index contributed by atoms with van der Waals surface area (Å²) in [6, 6.07) is 5.45. The van der Waals surface area contributed by atoms with Crippen LogP contribution in [0.15, 0.2) is 18.2 Å². The topological polar surface area (TPSA) is 23.6 Å². The Morgan fingerprint density at radius 3 is 2.50 bits per heavy atom. The van der Waals surface area contributed by atoms with E-state index in [4.69, 9.17) is 11.6 Å². The lowest BCUT2D eigenvalue weighted by Gasteiger charge is -2.49. The summed E-state index contributed by atoms with van der Waals surface area (Å²) >= 11 is 8.19. The van der Waals surface area contributed by atoms with Crippen molar-refractivity contribution in [3.8, 4) is 0 Å². The van der Waals surface area contributed by atoms with Crippen LogP contribution < -0.4 is 0 Å². The van der Waals surface area contributed by atoms with Gasteiger partial charge < -0.3 is 9.80 Å². The fraction of sp³-hybridized carbons (Fsp3) is 0.533. The fourth-order valence-corrected chi connectivity index (χ4v) is 3.45.